The van der Waals surface area contributed by atoms with Crippen molar-refractivity contribution in [3.63, 3.8) is 0 Å². The minimum absolute atomic E-state index is 0.200. The first-order valence-corrected chi connectivity index (χ1v) is 8.66. The normalized spacial score (nSPS) is 11.5. The summed E-state index contributed by atoms with van der Waals surface area (Å²) in [5, 5.41) is 9.66. The van der Waals surface area contributed by atoms with E-state index in [1.54, 1.807) is 30.5 Å². The molecule has 1 aromatic carbocycles. The Hall–Kier alpha value is -1.95. The summed E-state index contributed by atoms with van der Waals surface area (Å²) in [6, 6.07) is 6.76. The van der Waals surface area contributed by atoms with Crippen LogP contribution in [-0.4, -0.2) is 24.5 Å². The minimum Gasteiger partial charge on any atom is -0.356 e. The molecule has 0 amide bonds. The number of halogens is 1. The molecule has 0 atom stereocenters. The maximum atomic E-state index is 13.6. The topological polar surface area (TPSA) is 49.3 Å². The van der Waals surface area contributed by atoms with Gasteiger partial charge < -0.3 is 10.6 Å². The minimum atomic E-state index is -0.200. The number of hydrogen-bond acceptors (Lipinski definition) is 3. The molecule has 0 saturated heterocycles. The molecule has 23 heavy (non-hydrogen) atoms. The second-order valence-electron chi connectivity index (χ2n) is 5.28. The van der Waals surface area contributed by atoms with Crippen LogP contribution in [0.3, 0.4) is 0 Å². The SMILES string of the molecule is CN=C(NCCCCc1nc(C)cs1)NCc1ccccc1F. The Balaban J connectivity index is 1.64. The van der Waals surface area contributed by atoms with E-state index in [0.29, 0.717) is 18.1 Å². The van der Waals surface area contributed by atoms with Crippen LogP contribution in [0.25, 0.3) is 0 Å². The Morgan fingerprint density at radius 1 is 1.26 bits per heavy atom. The Morgan fingerprint density at radius 3 is 2.78 bits per heavy atom. The van der Waals surface area contributed by atoms with Gasteiger partial charge in [-0.3, -0.25) is 4.99 Å². The largest absolute Gasteiger partial charge is 0.356 e. The monoisotopic (exact) mass is 334 g/mol. The van der Waals surface area contributed by atoms with Gasteiger partial charge in [0.2, 0.25) is 0 Å². The quantitative estimate of drug-likeness (QED) is 0.464. The Bertz CT molecular complexity index is 639. The van der Waals surface area contributed by atoms with Gasteiger partial charge in [0, 0.05) is 36.8 Å². The smallest absolute Gasteiger partial charge is 0.191 e. The van der Waals surface area contributed by atoms with E-state index >= 15 is 0 Å². The summed E-state index contributed by atoms with van der Waals surface area (Å²) < 4.78 is 13.6. The van der Waals surface area contributed by atoms with Crippen molar-refractivity contribution < 1.29 is 4.39 Å². The Labute approximate surface area is 140 Å². The maximum Gasteiger partial charge on any atom is 0.191 e. The van der Waals surface area contributed by atoms with E-state index in [4.69, 9.17) is 0 Å². The third-order valence-corrected chi connectivity index (χ3v) is 4.43. The highest BCUT2D eigenvalue weighted by Gasteiger charge is 2.03. The first-order chi connectivity index (χ1) is 11.2. The molecule has 2 rings (SSSR count). The molecule has 124 valence electrons. The van der Waals surface area contributed by atoms with Gasteiger partial charge in [0.1, 0.15) is 5.82 Å². The summed E-state index contributed by atoms with van der Waals surface area (Å²) in [5.74, 6) is 0.493. The van der Waals surface area contributed by atoms with Crippen LogP contribution in [0.15, 0.2) is 34.6 Å². The van der Waals surface area contributed by atoms with Crippen LogP contribution < -0.4 is 10.6 Å². The number of hydrogen-bond donors (Lipinski definition) is 2. The maximum absolute atomic E-state index is 13.6. The van der Waals surface area contributed by atoms with E-state index in [1.165, 1.54) is 11.1 Å². The highest BCUT2D eigenvalue weighted by Crippen LogP contribution is 2.11. The number of aromatic nitrogens is 1. The average molecular weight is 334 g/mol. The lowest BCUT2D eigenvalue weighted by atomic mass is 10.2. The Kier molecular flexibility index (Phi) is 7.00. The molecule has 0 spiro atoms. The molecule has 1 aromatic heterocycles. The van der Waals surface area contributed by atoms with E-state index in [9.17, 15) is 4.39 Å². The number of rotatable bonds is 7. The predicted molar refractivity (Wildman–Crippen MR) is 94.4 cm³/mol. The van der Waals surface area contributed by atoms with Crippen molar-refractivity contribution in [2.24, 2.45) is 4.99 Å². The number of nitrogens with zero attached hydrogens (tertiary/aromatic N) is 2. The number of benzene rings is 1. The zero-order valence-corrected chi connectivity index (χ0v) is 14.4. The standard InChI is InChI=1S/C17H23FN4S/c1-13-12-23-16(22-13)9-5-6-10-20-17(19-2)21-11-14-7-3-4-8-15(14)18/h3-4,7-8,12H,5-6,9-11H2,1-2H3,(H2,19,20,21). The number of thiazole rings is 1. The molecule has 0 saturated carbocycles. The molecule has 0 unspecified atom stereocenters. The second-order valence-corrected chi connectivity index (χ2v) is 6.23. The van der Waals surface area contributed by atoms with Gasteiger partial charge in [0.15, 0.2) is 5.96 Å². The van der Waals surface area contributed by atoms with Crippen LogP contribution in [0.1, 0.15) is 29.1 Å². The molecule has 6 heteroatoms. The van der Waals surface area contributed by atoms with Crippen molar-refractivity contribution in [2.75, 3.05) is 13.6 Å². The van der Waals surface area contributed by atoms with Gasteiger partial charge in [-0.1, -0.05) is 18.2 Å². The second kappa shape index (κ2) is 9.25. The molecule has 0 aliphatic rings. The number of unbranched alkanes of at least 4 members (excludes halogenated alkanes) is 1. The van der Waals surface area contributed by atoms with E-state index in [-0.39, 0.29) is 5.82 Å². The molecular formula is C17H23FN4S. The molecule has 0 fully saturated rings. The molecule has 2 aromatic rings. The van der Waals surface area contributed by atoms with Crippen molar-refractivity contribution in [3.05, 3.63) is 51.7 Å². The summed E-state index contributed by atoms with van der Waals surface area (Å²) in [6.07, 6.45) is 3.14. The summed E-state index contributed by atoms with van der Waals surface area (Å²) in [4.78, 5) is 8.61. The molecular weight excluding hydrogens is 311 g/mol. The third kappa shape index (κ3) is 5.98. The van der Waals surface area contributed by atoms with Gasteiger partial charge in [-0.25, -0.2) is 9.37 Å². The Morgan fingerprint density at radius 2 is 2.09 bits per heavy atom. The fourth-order valence-electron chi connectivity index (χ4n) is 2.17. The van der Waals surface area contributed by atoms with Crippen LogP contribution in [0, 0.1) is 12.7 Å². The number of aryl methyl sites for hydroxylation is 2. The van der Waals surface area contributed by atoms with Crippen LogP contribution >= 0.6 is 11.3 Å². The molecule has 0 radical (unpaired) electrons. The zero-order chi connectivity index (χ0) is 16.5. The average Bonchev–Trinajstić information content (AvgIpc) is 2.97. The molecule has 0 aliphatic carbocycles. The predicted octanol–water partition coefficient (Wildman–Crippen LogP) is 3.28. The number of aliphatic imine (C=N–C) groups is 1. The third-order valence-electron chi connectivity index (χ3n) is 3.40. The lowest BCUT2D eigenvalue weighted by molar-refractivity contribution is 0.604. The van der Waals surface area contributed by atoms with Crippen LogP contribution in [0.5, 0.6) is 0 Å². The molecule has 1 heterocycles. The number of nitrogens with one attached hydrogen (secondary N) is 2. The molecule has 2 N–H and O–H groups in total. The van der Waals surface area contributed by atoms with Crippen molar-refractivity contribution in [1.82, 2.24) is 15.6 Å². The molecule has 4 nitrogen and oxygen atoms in total. The summed E-state index contributed by atoms with van der Waals surface area (Å²) >= 11 is 1.72. The fourth-order valence-corrected chi connectivity index (χ4v) is 2.99. The highest BCUT2D eigenvalue weighted by atomic mass is 32.1. The van der Waals surface area contributed by atoms with Crippen molar-refractivity contribution >= 4 is 17.3 Å². The molecule has 0 bridgehead atoms. The zero-order valence-electron chi connectivity index (χ0n) is 13.6. The van der Waals surface area contributed by atoms with Gasteiger partial charge in [0.25, 0.3) is 0 Å². The number of guanidine groups is 1. The summed E-state index contributed by atoms with van der Waals surface area (Å²) in [7, 11) is 1.72. The van der Waals surface area contributed by atoms with Crippen molar-refractivity contribution in [1.29, 1.82) is 0 Å². The fraction of sp³-hybridized carbons (Fsp3) is 0.412. The molecule has 0 aliphatic heterocycles. The van der Waals surface area contributed by atoms with E-state index in [2.05, 4.69) is 26.0 Å². The van der Waals surface area contributed by atoms with E-state index < -0.39 is 0 Å². The first kappa shape index (κ1) is 17.4. The first-order valence-electron chi connectivity index (χ1n) is 7.78. The van der Waals surface area contributed by atoms with E-state index in [1.807, 2.05) is 13.0 Å². The van der Waals surface area contributed by atoms with Crippen molar-refractivity contribution in [2.45, 2.75) is 32.7 Å². The van der Waals surface area contributed by atoms with E-state index in [0.717, 1.165) is 31.5 Å². The lowest BCUT2D eigenvalue weighted by Gasteiger charge is -2.12. The summed E-state index contributed by atoms with van der Waals surface area (Å²) in [6.45, 7) is 3.28. The van der Waals surface area contributed by atoms with Gasteiger partial charge in [-0.05, 0) is 32.3 Å². The summed E-state index contributed by atoms with van der Waals surface area (Å²) in [5.41, 5.74) is 1.73. The van der Waals surface area contributed by atoms with Gasteiger partial charge in [0.05, 0.1) is 5.01 Å². The highest BCUT2D eigenvalue weighted by molar-refractivity contribution is 7.09. The van der Waals surface area contributed by atoms with Crippen molar-refractivity contribution in [3.8, 4) is 0 Å². The van der Waals surface area contributed by atoms with Crippen LogP contribution in [-0.2, 0) is 13.0 Å². The van der Waals surface area contributed by atoms with Gasteiger partial charge in [-0.15, -0.1) is 11.3 Å². The lowest BCUT2D eigenvalue weighted by Crippen LogP contribution is -2.37. The van der Waals surface area contributed by atoms with Gasteiger partial charge >= 0.3 is 0 Å². The van der Waals surface area contributed by atoms with Gasteiger partial charge in [-0.2, -0.15) is 0 Å². The van der Waals surface area contributed by atoms with Crippen LogP contribution in [0.2, 0.25) is 0 Å². The van der Waals surface area contributed by atoms with Crippen LogP contribution in [0.4, 0.5) is 4.39 Å².